The minimum Gasteiger partial charge on any atom is -0.297 e. The zero-order valence-corrected chi connectivity index (χ0v) is 11.9. The molecule has 0 aliphatic heterocycles. The Morgan fingerprint density at radius 1 is 1.11 bits per heavy atom. The van der Waals surface area contributed by atoms with Gasteiger partial charge in [-0.3, -0.25) is 4.57 Å². The van der Waals surface area contributed by atoms with Crippen LogP contribution in [0, 0.1) is 5.92 Å². The quantitative estimate of drug-likeness (QED) is 0.911. The van der Waals surface area contributed by atoms with Crippen LogP contribution in [-0.4, -0.2) is 23.2 Å². The predicted octanol–water partition coefficient (Wildman–Crippen LogP) is 1.55. The van der Waals surface area contributed by atoms with E-state index in [0.29, 0.717) is 5.92 Å². The Bertz CT molecular complexity index is 569. The maximum atomic E-state index is 11.6. The van der Waals surface area contributed by atoms with Crippen LogP contribution in [-0.2, 0) is 10.0 Å². The van der Waals surface area contributed by atoms with E-state index in [9.17, 15) is 8.42 Å². The van der Waals surface area contributed by atoms with Crippen LogP contribution in [0.5, 0.6) is 0 Å². The van der Waals surface area contributed by atoms with Crippen LogP contribution < -0.4 is 5.14 Å². The molecule has 1 heterocycles. The Hall–Kier alpha value is -0.950. The average Bonchev–Trinajstić information content (AvgIpc) is 3.07. The molecule has 0 atom stereocenters. The van der Waals surface area contributed by atoms with Gasteiger partial charge in [0.25, 0.3) is 15.2 Å². The third-order valence-corrected chi connectivity index (χ3v) is 5.03. The predicted molar refractivity (Wildman–Crippen MR) is 70.0 cm³/mol. The van der Waals surface area contributed by atoms with Crippen LogP contribution in [0.3, 0.4) is 0 Å². The van der Waals surface area contributed by atoms with E-state index < -0.39 is 10.0 Å². The molecule has 0 amide bonds. The summed E-state index contributed by atoms with van der Waals surface area (Å²) in [4.78, 5) is 0. The van der Waals surface area contributed by atoms with E-state index >= 15 is 0 Å². The monoisotopic (exact) mass is 284 g/mol. The van der Waals surface area contributed by atoms with Crippen molar-refractivity contribution in [3.05, 3.63) is 5.82 Å². The molecule has 2 aliphatic carbocycles. The second kappa shape index (κ2) is 4.56. The number of aromatic nitrogens is 3. The SMILES string of the molecule is CC1CCC(c2nnc(S(N)(=O)=O)n2C2CC2)CC1. The molecule has 7 heteroatoms. The Morgan fingerprint density at radius 3 is 2.26 bits per heavy atom. The summed E-state index contributed by atoms with van der Waals surface area (Å²) >= 11 is 0. The first-order chi connectivity index (χ1) is 8.97. The summed E-state index contributed by atoms with van der Waals surface area (Å²) in [7, 11) is -3.78. The highest BCUT2D eigenvalue weighted by molar-refractivity contribution is 7.89. The fourth-order valence-corrected chi connectivity index (χ4v) is 3.63. The molecule has 0 spiro atoms. The second-order valence-corrected chi connectivity index (χ2v) is 7.40. The van der Waals surface area contributed by atoms with Gasteiger partial charge in [0.15, 0.2) is 0 Å². The molecule has 1 aromatic heterocycles. The Kier molecular flexibility index (Phi) is 3.13. The first-order valence-corrected chi connectivity index (χ1v) is 8.49. The van der Waals surface area contributed by atoms with E-state index in [4.69, 9.17) is 5.14 Å². The highest BCUT2D eigenvalue weighted by Crippen LogP contribution is 2.42. The van der Waals surface area contributed by atoms with Gasteiger partial charge in [0.05, 0.1) is 0 Å². The molecule has 106 valence electrons. The molecule has 2 aliphatic rings. The van der Waals surface area contributed by atoms with Gasteiger partial charge >= 0.3 is 0 Å². The van der Waals surface area contributed by atoms with Crippen molar-refractivity contribution >= 4 is 10.0 Å². The molecule has 0 saturated heterocycles. The third-order valence-electron chi connectivity index (χ3n) is 4.24. The number of primary sulfonamides is 1. The number of nitrogens with zero attached hydrogens (tertiary/aromatic N) is 3. The third kappa shape index (κ3) is 2.53. The summed E-state index contributed by atoms with van der Waals surface area (Å²) in [5, 5.41) is 13.2. The molecule has 0 bridgehead atoms. The topological polar surface area (TPSA) is 90.9 Å². The fourth-order valence-electron chi connectivity index (χ4n) is 2.95. The number of nitrogens with two attached hydrogens (primary N) is 1. The molecule has 1 aromatic rings. The van der Waals surface area contributed by atoms with Crippen LogP contribution in [0.2, 0.25) is 0 Å². The summed E-state index contributed by atoms with van der Waals surface area (Å²) in [5.41, 5.74) is 0. The number of hydrogen-bond donors (Lipinski definition) is 1. The molecule has 19 heavy (non-hydrogen) atoms. The van der Waals surface area contributed by atoms with Gasteiger partial charge in [-0.15, -0.1) is 10.2 Å². The van der Waals surface area contributed by atoms with Gasteiger partial charge in [-0.1, -0.05) is 19.8 Å². The Labute approximate surface area is 113 Å². The van der Waals surface area contributed by atoms with Crippen LogP contribution in [0.1, 0.15) is 63.2 Å². The van der Waals surface area contributed by atoms with Gasteiger partial charge in [0, 0.05) is 12.0 Å². The first kappa shape index (κ1) is 13.1. The lowest BCUT2D eigenvalue weighted by molar-refractivity contribution is 0.332. The Morgan fingerprint density at radius 2 is 1.74 bits per heavy atom. The minimum atomic E-state index is -3.78. The highest BCUT2D eigenvalue weighted by atomic mass is 32.2. The largest absolute Gasteiger partial charge is 0.297 e. The van der Waals surface area contributed by atoms with Crippen molar-refractivity contribution in [2.75, 3.05) is 0 Å². The molecule has 2 N–H and O–H groups in total. The van der Waals surface area contributed by atoms with Crippen molar-refractivity contribution < 1.29 is 8.42 Å². The zero-order valence-electron chi connectivity index (χ0n) is 11.1. The lowest BCUT2D eigenvalue weighted by Gasteiger charge is -2.25. The highest BCUT2D eigenvalue weighted by Gasteiger charge is 2.36. The maximum Gasteiger partial charge on any atom is 0.273 e. The van der Waals surface area contributed by atoms with Gasteiger partial charge < -0.3 is 0 Å². The van der Waals surface area contributed by atoms with Gasteiger partial charge in [-0.25, -0.2) is 13.6 Å². The van der Waals surface area contributed by atoms with Gasteiger partial charge in [-0.2, -0.15) is 0 Å². The fraction of sp³-hybridized carbons (Fsp3) is 0.833. The summed E-state index contributed by atoms with van der Waals surface area (Å²) in [6, 6.07) is 0.234. The summed E-state index contributed by atoms with van der Waals surface area (Å²) in [6.07, 6.45) is 6.47. The number of sulfonamides is 1. The van der Waals surface area contributed by atoms with E-state index in [1.165, 1.54) is 12.8 Å². The minimum absolute atomic E-state index is 0.0522. The van der Waals surface area contributed by atoms with Crippen molar-refractivity contribution in [1.82, 2.24) is 14.8 Å². The van der Waals surface area contributed by atoms with Crippen LogP contribution >= 0.6 is 0 Å². The molecule has 3 rings (SSSR count). The molecule has 6 nitrogen and oxygen atoms in total. The molecule has 0 radical (unpaired) electrons. The van der Waals surface area contributed by atoms with E-state index in [1.54, 1.807) is 4.57 Å². The standard InChI is InChI=1S/C12H20N4O2S/c1-8-2-4-9(5-3-8)11-14-15-12(19(13,17)18)16(11)10-6-7-10/h8-10H,2-7H2,1H3,(H2,13,17,18). The van der Waals surface area contributed by atoms with E-state index in [1.807, 2.05) is 0 Å². The normalized spacial score (nSPS) is 28.5. The van der Waals surface area contributed by atoms with Crippen LogP contribution in [0.25, 0.3) is 0 Å². The van der Waals surface area contributed by atoms with E-state index in [-0.39, 0.29) is 11.2 Å². The van der Waals surface area contributed by atoms with Crippen LogP contribution in [0.15, 0.2) is 5.16 Å². The summed E-state index contributed by atoms with van der Waals surface area (Å²) in [6.45, 7) is 2.26. The van der Waals surface area contributed by atoms with Crippen molar-refractivity contribution in [3.63, 3.8) is 0 Å². The lowest BCUT2D eigenvalue weighted by Crippen LogP contribution is -2.21. The molecular weight excluding hydrogens is 264 g/mol. The van der Waals surface area contributed by atoms with Crippen LogP contribution in [0.4, 0.5) is 0 Å². The average molecular weight is 284 g/mol. The smallest absolute Gasteiger partial charge is 0.273 e. The summed E-state index contributed by atoms with van der Waals surface area (Å²) in [5.74, 6) is 1.92. The Balaban J connectivity index is 1.96. The second-order valence-electron chi connectivity index (χ2n) is 5.94. The van der Waals surface area contributed by atoms with Crippen molar-refractivity contribution in [2.24, 2.45) is 11.1 Å². The summed E-state index contributed by atoms with van der Waals surface area (Å²) < 4.78 is 25.0. The molecule has 0 unspecified atom stereocenters. The molecule has 2 saturated carbocycles. The van der Waals surface area contributed by atoms with E-state index in [2.05, 4.69) is 17.1 Å². The molecular formula is C12H20N4O2S. The van der Waals surface area contributed by atoms with Crippen molar-refractivity contribution in [2.45, 2.75) is 62.6 Å². The number of hydrogen-bond acceptors (Lipinski definition) is 4. The van der Waals surface area contributed by atoms with E-state index in [0.717, 1.165) is 37.4 Å². The number of rotatable bonds is 3. The van der Waals surface area contributed by atoms with Gasteiger partial charge in [0.1, 0.15) is 5.82 Å². The molecule has 2 fully saturated rings. The first-order valence-electron chi connectivity index (χ1n) is 6.94. The van der Waals surface area contributed by atoms with Gasteiger partial charge in [0.2, 0.25) is 0 Å². The zero-order chi connectivity index (χ0) is 13.6. The van der Waals surface area contributed by atoms with Gasteiger partial charge in [-0.05, 0) is 31.6 Å². The molecule has 0 aromatic carbocycles. The lowest BCUT2D eigenvalue weighted by atomic mass is 9.82. The maximum absolute atomic E-state index is 11.6. The van der Waals surface area contributed by atoms with Crippen molar-refractivity contribution in [3.8, 4) is 0 Å². The van der Waals surface area contributed by atoms with Crippen molar-refractivity contribution in [1.29, 1.82) is 0 Å².